The molecule has 1 aromatic carbocycles. The minimum Gasteiger partial charge on any atom is -0.484 e. The van der Waals surface area contributed by atoms with Crippen molar-refractivity contribution < 1.29 is 23.5 Å². The molecule has 0 spiro atoms. The Morgan fingerprint density at radius 1 is 1.40 bits per heavy atom. The zero-order valence-electron chi connectivity index (χ0n) is 16.2. The van der Waals surface area contributed by atoms with E-state index in [1.807, 2.05) is 4.90 Å². The fourth-order valence-electron chi connectivity index (χ4n) is 5.39. The van der Waals surface area contributed by atoms with E-state index in [1.54, 1.807) is 0 Å². The second-order valence-corrected chi connectivity index (χ2v) is 9.45. The van der Waals surface area contributed by atoms with Gasteiger partial charge in [-0.05, 0) is 44.2 Å². The summed E-state index contributed by atoms with van der Waals surface area (Å²) in [5.41, 5.74) is -0.524. The number of hydrogen-bond acceptors (Lipinski definition) is 5. The highest BCUT2D eigenvalue weighted by molar-refractivity contribution is 6.30. The summed E-state index contributed by atoms with van der Waals surface area (Å²) in [7, 11) is 0. The lowest BCUT2D eigenvalue weighted by atomic mass is 9.43. The van der Waals surface area contributed by atoms with E-state index in [4.69, 9.17) is 26.3 Å². The Morgan fingerprint density at radius 3 is 2.80 bits per heavy atom. The highest BCUT2D eigenvalue weighted by Gasteiger charge is 2.73. The molecule has 2 bridgehead atoms. The number of cyclic esters (lactones) is 1. The van der Waals surface area contributed by atoms with Crippen molar-refractivity contribution in [3.8, 4) is 11.8 Å². The van der Waals surface area contributed by atoms with Crippen LogP contribution in [0.1, 0.15) is 32.1 Å². The van der Waals surface area contributed by atoms with Gasteiger partial charge in [-0.1, -0.05) is 11.6 Å². The van der Waals surface area contributed by atoms with Crippen LogP contribution < -0.4 is 10.1 Å². The van der Waals surface area contributed by atoms with E-state index in [0.717, 1.165) is 18.9 Å². The fraction of sp³-hybridized carbons (Fsp3) is 0.571. The number of ether oxygens (including phenoxy) is 2. The molecule has 9 heteroatoms. The van der Waals surface area contributed by atoms with E-state index < -0.39 is 5.82 Å². The molecular weight excluding hydrogens is 413 g/mol. The zero-order valence-corrected chi connectivity index (χ0v) is 17.0. The van der Waals surface area contributed by atoms with Crippen molar-refractivity contribution in [3.05, 3.63) is 29.0 Å². The van der Waals surface area contributed by atoms with E-state index in [-0.39, 0.29) is 58.4 Å². The predicted molar refractivity (Wildman–Crippen MR) is 103 cm³/mol. The molecule has 1 heterocycles. The van der Waals surface area contributed by atoms with Crippen molar-refractivity contribution in [1.82, 2.24) is 10.2 Å². The largest absolute Gasteiger partial charge is 0.484 e. The lowest BCUT2D eigenvalue weighted by Gasteiger charge is -2.72. The van der Waals surface area contributed by atoms with E-state index in [9.17, 15) is 14.0 Å². The van der Waals surface area contributed by atoms with Gasteiger partial charge in [-0.2, -0.15) is 5.26 Å². The molecule has 1 atom stereocenters. The number of carbonyl (C=O) groups is 2. The molecule has 1 saturated heterocycles. The van der Waals surface area contributed by atoms with E-state index >= 15 is 0 Å². The van der Waals surface area contributed by atoms with Crippen molar-refractivity contribution in [2.75, 3.05) is 13.2 Å². The summed E-state index contributed by atoms with van der Waals surface area (Å²) in [5.74, 6) is -0.279. The summed E-state index contributed by atoms with van der Waals surface area (Å²) in [6.45, 7) is 0.350. The minimum absolute atomic E-state index is 0.00386. The van der Waals surface area contributed by atoms with Crippen LogP contribution in [0.3, 0.4) is 0 Å². The Morgan fingerprint density at radius 2 is 2.13 bits per heavy atom. The molecule has 4 aliphatic carbocycles. The lowest BCUT2D eigenvalue weighted by Crippen LogP contribution is -2.84. The molecule has 1 N–H and O–H groups in total. The number of nitrogens with one attached hydrogen (secondary N) is 1. The highest BCUT2D eigenvalue weighted by Crippen LogP contribution is 2.64. The number of benzene rings is 1. The summed E-state index contributed by atoms with van der Waals surface area (Å²) >= 11 is 5.63. The van der Waals surface area contributed by atoms with Gasteiger partial charge in [0.25, 0.3) is 5.91 Å². The third kappa shape index (κ3) is 3.07. The molecule has 158 valence electrons. The molecule has 2 amide bonds. The number of rotatable bonds is 6. The van der Waals surface area contributed by atoms with Gasteiger partial charge in [0, 0.05) is 23.4 Å². The summed E-state index contributed by atoms with van der Waals surface area (Å²) in [6, 6.07) is 6.28. The minimum atomic E-state index is -0.600. The molecule has 5 aliphatic rings. The quantitative estimate of drug-likeness (QED) is 0.744. The van der Waals surface area contributed by atoms with E-state index in [2.05, 4.69) is 11.4 Å². The molecule has 6 rings (SSSR count). The number of carbonyl (C=O) groups excluding carboxylic acids is 2. The molecule has 4 saturated carbocycles. The number of amides is 2. The number of nitrogens with zero attached hydrogens (tertiary/aromatic N) is 2. The van der Waals surface area contributed by atoms with Crippen LogP contribution in [0.15, 0.2) is 18.2 Å². The van der Waals surface area contributed by atoms with E-state index in [0.29, 0.717) is 25.8 Å². The average Bonchev–Trinajstić information content (AvgIpc) is 2.98. The van der Waals surface area contributed by atoms with Crippen LogP contribution in [-0.4, -0.2) is 47.2 Å². The molecule has 7 nitrogen and oxygen atoms in total. The Balaban J connectivity index is 1.09. The highest BCUT2D eigenvalue weighted by atomic mass is 35.5. The van der Waals surface area contributed by atoms with Gasteiger partial charge in [0.2, 0.25) is 0 Å². The standard InChI is InChI=1S/C21H21ClFN3O4/c22-15-2-1-14(5-16(15)23)29-8-18(27)25-20-9-21(10-20,11-20)26-7-17(30-19(26)28)13-3-12(4-13)6-24/h1-2,5,12-13,17H,3-4,7-11H2,(H,25,27)/t12-,13+,17?,20?,21?. The topological polar surface area (TPSA) is 91.7 Å². The first-order chi connectivity index (χ1) is 14.3. The van der Waals surface area contributed by atoms with Gasteiger partial charge in [0.1, 0.15) is 17.7 Å². The molecule has 1 aromatic rings. The second kappa shape index (κ2) is 6.74. The van der Waals surface area contributed by atoms with Gasteiger partial charge in [-0.3, -0.25) is 9.69 Å². The summed E-state index contributed by atoms with van der Waals surface area (Å²) in [6.07, 6.45) is 3.29. The van der Waals surface area contributed by atoms with Gasteiger partial charge < -0.3 is 14.8 Å². The third-order valence-corrected chi connectivity index (χ3v) is 7.27. The first-order valence-electron chi connectivity index (χ1n) is 10.1. The Hall–Kier alpha value is -2.53. The van der Waals surface area contributed by atoms with Gasteiger partial charge >= 0.3 is 6.09 Å². The average molecular weight is 434 g/mol. The monoisotopic (exact) mass is 433 g/mol. The van der Waals surface area contributed by atoms with Crippen LogP contribution in [0.25, 0.3) is 0 Å². The van der Waals surface area contributed by atoms with Gasteiger partial charge in [-0.15, -0.1) is 0 Å². The van der Waals surface area contributed by atoms with Gasteiger partial charge in [-0.25, -0.2) is 9.18 Å². The Labute approximate surface area is 178 Å². The fourth-order valence-corrected chi connectivity index (χ4v) is 5.51. The zero-order chi connectivity index (χ0) is 21.1. The third-order valence-electron chi connectivity index (χ3n) is 6.96. The van der Waals surface area contributed by atoms with Crippen molar-refractivity contribution in [3.63, 3.8) is 0 Å². The smallest absolute Gasteiger partial charge is 0.410 e. The maximum Gasteiger partial charge on any atom is 0.410 e. The number of halogens is 2. The van der Waals surface area contributed by atoms with Crippen molar-refractivity contribution in [1.29, 1.82) is 5.26 Å². The van der Waals surface area contributed by atoms with Crippen LogP contribution in [-0.2, 0) is 9.53 Å². The molecule has 0 aromatic heterocycles. The molecule has 1 aliphatic heterocycles. The molecule has 30 heavy (non-hydrogen) atoms. The van der Waals surface area contributed by atoms with Crippen LogP contribution in [0.5, 0.6) is 5.75 Å². The molecule has 1 unspecified atom stereocenters. The van der Waals surface area contributed by atoms with Crippen LogP contribution >= 0.6 is 11.6 Å². The molecular formula is C21H21ClFN3O4. The normalized spacial score (nSPS) is 36.0. The van der Waals surface area contributed by atoms with Crippen molar-refractivity contribution in [2.24, 2.45) is 11.8 Å². The number of hydrogen-bond donors (Lipinski definition) is 1. The van der Waals surface area contributed by atoms with Crippen molar-refractivity contribution in [2.45, 2.75) is 49.3 Å². The van der Waals surface area contributed by atoms with Crippen LogP contribution in [0.4, 0.5) is 9.18 Å². The van der Waals surface area contributed by atoms with Crippen LogP contribution in [0.2, 0.25) is 5.02 Å². The van der Waals surface area contributed by atoms with Crippen LogP contribution in [0, 0.1) is 29.0 Å². The second-order valence-electron chi connectivity index (χ2n) is 9.04. The summed E-state index contributed by atoms with van der Waals surface area (Å²) in [4.78, 5) is 26.4. The number of nitriles is 1. The first kappa shape index (κ1) is 19.4. The Bertz CT molecular complexity index is 938. The van der Waals surface area contributed by atoms with Gasteiger partial charge in [0.05, 0.1) is 23.2 Å². The molecule has 5 fully saturated rings. The van der Waals surface area contributed by atoms with E-state index in [1.165, 1.54) is 12.1 Å². The summed E-state index contributed by atoms with van der Waals surface area (Å²) in [5, 5.41) is 11.9. The van der Waals surface area contributed by atoms with Crippen molar-refractivity contribution >= 4 is 23.6 Å². The first-order valence-corrected chi connectivity index (χ1v) is 10.5. The maximum atomic E-state index is 13.4. The summed E-state index contributed by atoms with van der Waals surface area (Å²) < 4.78 is 24.3. The van der Waals surface area contributed by atoms with Gasteiger partial charge in [0.15, 0.2) is 6.61 Å². The lowest BCUT2D eigenvalue weighted by molar-refractivity contribution is -0.167. The Kier molecular flexibility index (Phi) is 4.37. The molecule has 0 radical (unpaired) electrons. The SMILES string of the molecule is N#C[C@H]1C[C@@H](C2CN(C34CC(NC(=O)COc5ccc(Cl)c(F)c5)(C3)C4)C(=O)O2)C1. The predicted octanol–water partition coefficient (Wildman–Crippen LogP) is 3.02. The maximum absolute atomic E-state index is 13.4.